The Labute approximate surface area is 116 Å². The first kappa shape index (κ1) is 12.2. The number of rotatable bonds is 2. The first-order chi connectivity index (χ1) is 9.15. The van der Waals surface area contributed by atoms with E-state index in [0.717, 1.165) is 11.2 Å². The Morgan fingerprint density at radius 3 is 2.68 bits per heavy atom. The van der Waals surface area contributed by atoms with Crippen molar-refractivity contribution >= 4 is 22.5 Å². The maximum atomic E-state index is 13.9. The van der Waals surface area contributed by atoms with Crippen molar-refractivity contribution < 1.29 is 4.39 Å². The zero-order valence-electron chi connectivity index (χ0n) is 10.5. The third-order valence-electron chi connectivity index (χ3n) is 3.36. The average Bonchev–Trinajstić information content (AvgIpc) is 2.69. The Morgan fingerprint density at radius 1 is 1.11 bits per heavy atom. The number of aromatic nitrogens is 1. The van der Waals surface area contributed by atoms with Crippen molar-refractivity contribution in [2.24, 2.45) is 0 Å². The number of benzene rings is 2. The van der Waals surface area contributed by atoms with Crippen LogP contribution in [-0.4, -0.2) is 4.57 Å². The van der Waals surface area contributed by atoms with Gasteiger partial charge in [0.25, 0.3) is 0 Å². The molecule has 1 nitrogen and oxygen atoms in total. The van der Waals surface area contributed by atoms with Gasteiger partial charge in [0.2, 0.25) is 0 Å². The molecule has 0 saturated heterocycles. The van der Waals surface area contributed by atoms with Crippen LogP contribution in [-0.2, 0) is 6.54 Å². The van der Waals surface area contributed by atoms with E-state index in [4.69, 9.17) is 11.6 Å². The minimum Gasteiger partial charge on any atom is -0.340 e. The van der Waals surface area contributed by atoms with Crippen LogP contribution in [0.25, 0.3) is 10.9 Å². The van der Waals surface area contributed by atoms with E-state index in [-0.39, 0.29) is 5.82 Å². The molecule has 0 radical (unpaired) electrons. The van der Waals surface area contributed by atoms with Gasteiger partial charge in [-0.2, -0.15) is 0 Å². The molecule has 0 bridgehead atoms. The average molecular weight is 274 g/mol. The summed E-state index contributed by atoms with van der Waals surface area (Å²) in [4.78, 5) is 0. The lowest BCUT2D eigenvalue weighted by molar-refractivity contribution is 0.600. The molecule has 1 heterocycles. The molecule has 0 aliphatic carbocycles. The minimum atomic E-state index is -0.260. The highest BCUT2D eigenvalue weighted by Gasteiger charge is 2.08. The molecule has 0 atom stereocenters. The van der Waals surface area contributed by atoms with Crippen molar-refractivity contribution in [1.29, 1.82) is 0 Å². The molecule has 0 saturated carbocycles. The first-order valence-electron chi connectivity index (χ1n) is 6.14. The van der Waals surface area contributed by atoms with Crippen molar-refractivity contribution in [2.45, 2.75) is 13.5 Å². The Hall–Kier alpha value is -1.80. The fraction of sp³-hybridized carbons (Fsp3) is 0.125. The van der Waals surface area contributed by atoms with Crippen molar-refractivity contribution in [3.63, 3.8) is 0 Å². The summed E-state index contributed by atoms with van der Waals surface area (Å²) in [5, 5.41) is 1.60. The van der Waals surface area contributed by atoms with Crippen molar-refractivity contribution in [3.05, 3.63) is 70.6 Å². The van der Waals surface area contributed by atoms with Gasteiger partial charge in [-0.05, 0) is 36.6 Å². The van der Waals surface area contributed by atoms with E-state index in [9.17, 15) is 4.39 Å². The van der Waals surface area contributed by atoms with E-state index in [1.807, 2.05) is 19.1 Å². The molecule has 0 fully saturated rings. The standard InChI is InChI=1S/C16H13ClFN/c1-11-8-12-4-2-3-5-16(12)19(11)10-13-6-7-14(17)9-15(13)18/h2-9H,10H2,1H3. The Kier molecular flexibility index (Phi) is 3.03. The monoisotopic (exact) mass is 273 g/mol. The van der Waals surface area contributed by atoms with Crippen LogP contribution in [0, 0.1) is 12.7 Å². The molecular weight excluding hydrogens is 261 g/mol. The van der Waals surface area contributed by atoms with Crippen molar-refractivity contribution in [3.8, 4) is 0 Å². The highest BCUT2D eigenvalue weighted by Crippen LogP contribution is 2.22. The van der Waals surface area contributed by atoms with Crippen LogP contribution in [0.1, 0.15) is 11.3 Å². The first-order valence-corrected chi connectivity index (χ1v) is 6.52. The Balaban J connectivity index is 2.08. The molecule has 0 aliphatic rings. The van der Waals surface area contributed by atoms with Gasteiger partial charge in [-0.3, -0.25) is 0 Å². The molecule has 0 aliphatic heterocycles. The lowest BCUT2D eigenvalue weighted by Crippen LogP contribution is -2.03. The maximum absolute atomic E-state index is 13.9. The molecule has 3 rings (SSSR count). The number of hydrogen-bond acceptors (Lipinski definition) is 0. The summed E-state index contributed by atoms with van der Waals surface area (Å²) in [5.74, 6) is -0.260. The normalized spacial score (nSPS) is 11.1. The molecule has 19 heavy (non-hydrogen) atoms. The quantitative estimate of drug-likeness (QED) is 0.633. The lowest BCUT2D eigenvalue weighted by atomic mass is 10.2. The molecule has 0 spiro atoms. The predicted octanol–water partition coefficient (Wildman–Crippen LogP) is 4.79. The van der Waals surface area contributed by atoms with E-state index >= 15 is 0 Å². The molecule has 96 valence electrons. The van der Waals surface area contributed by atoms with Gasteiger partial charge in [0.15, 0.2) is 0 Å². The van der Waals surface area contributed by atoms with Crippen LogP contribution in [0.3, 0.4) is 0 Å². The second-order valence-electron chi connectivity index (χ2n) is 4.67. The highest BCUT2D eigenvalue weighted by molar-refractivity contribution is 6.30. The number of fused-ring (bicyclic) bond motifs is 1. The second kappa shape index (κ2) is 4.71. The minimum absolute atomic E-state index is 0.260. The van der Waals surface area contributed by atoms with E-state index < -0.39 is 0 Å². The zero-order chi connectivity index (χ0) is 13.4. The summed E-state index contributed by atoms with van der Waals surface area (Å²) in [7, 11) is 0. The fourth-order valence-corrected chi connectivity index (χ4v) is 2.54. The molecular formula is C16H13ClFN. The number of hydrogen-bond donors (Lipinski definition) is 0. The summed E-state index contributed by atoms with van der Waals surface area (Å²) >= 11 is 5.78. The van der Waals surface area contributed by atoms with Gasteiger partial charge in [-0.15, -0.1) is 0 Å². The largest absolute Gasteiger partial charge is 0.340 e. The summed E-state index contributed by atoms with van der Waals surface area (Å²) in [6.45, 7) is 2.55. The van der Waals surface area contributed by atoms with Gasteiger partial charge >= 0.3 is 0 Å². The SMILES string of the molecule is Cc1cc2ccccc2n1Cc1ccc(Cl)cc1F. The summed E-state index contributed by atoms with van der Waals surface area (Å²) < 4.78 is 16.0. The molecule has 1 aromatic heterocycles. The summed E-state index contributed by atoms with van der Waals surface area (Å²) in [6.07, 6.45) is 0. The molecule has 0 unspecified atom stereocenters. The summed E-state index contributed by atoms with van der Waals surface area (Å²) in [6, 6.07) is 15.1. The van der Waals surface area contributed by atoms with Gasteiger partial charge in [-0.25, -0.2) is 4.39 Å². The second-order valence-corrected chi connectivity index (χ2v) is 5.10. The lowest BCUT2D eigenvalue weighted by Gasteiger charge is -2.09. The van der Waals surface area contributed by atoms with Crippen LogP contribution in [0.15, 0.2) is 48.5 Å². The Bertz CT molecular complexity index is 746. The van der Waals surface area contributed by atoms with Crippen LogP contribution < -0.4 is 0 Å². The number of para-hydroxylation sites is 1. The third kappa shape index (κ3) is 2.24. The highest BCUT2D eigenvalue weighted by atomic mass is 35.5. The molecule has 3 aromatic rings. The van der Waals surface area contributed by atoms with Gasteiger partial charge < -0.3 is 4.57 Å². The maximum Gasteiger partial charge on any atom is 0.129 e. The van der Waals surface area contributed by atoms with Crippen molar-refractivity contribution in [1.82, 2.24) is 4.57 Å². The molecule has 3 heteroatoms. The van der Waals surface area contributed by atoms with Crippen LogP contribution in [0.4, 0.5) is 4.39 Å². The van der Waals surface area contributed by atoms with E-state index in [1.165, 1.54) is 11.5 Å². The van der Waals surface area contributed by atoms with Crippen LogP contribution in [0.2, 0.25) is 5.02 Å². The summed E-state index contributed by atoms with van der Waals surface area (Å²) in [5.41, 5.74) is 2.89. The molecule has 0 N–H and O–H groups in total. The van der Waals surface area contributed by atoms with Gasteiger partial charge in [0.05, 0.1) is 6.54 Å². The van der Waals surface area contributed by atoms with Gasteiger partial charge in [0, 0.05) is 21.8 Å². The van der Waals surface area contributed by atoms with Crippen LogP contribution in [0.5, 0.6) is 0 Å². The Morgan fingerprint density at radius 2 is 1.89 bits per heavy atom. The number of aryl methyl sites for hydroxylation is 1. The van der Waals surface area contributed by atoms with E-state index in [1.54, 1.807) is 12.1 Å². The van der Waals surface area contributed by atoms with E-state index in [0.29, 0.717) is 17.1 Å². The number of nitrogens with zero attached hydrogens (tertiary/aromatic N) is 1. The van der Waals surface area contributed by atoms with Crippen LogP contribution >= 0.6 is 11.6 Å². The predicted molar refractivity (Wildman–Crippen MR) is 77.2 cm³/mol. The fourth-order valence-electron chi connectivity index (χ4n) is 2.38. The van der Waals surface area contributed by atoms with Crippen molar-refractivity contribution in [2.75, 3.05) is 0 Å². The third-order valence-corrected chi connectivity index (χ3v) is 3.60. The smallest absolute Gasteiger partial charge is 0.129 e. The zero-order valence-corrected chi connectivity index (χ0v) is 11.3. The molecule has 2 aromatic carbocycles. The molecule has 0 amide bonds. The topological polar surface area (TPSA) is 4.93 Å². The van der Waals surface area contributed by atoms with Gasteiger partial charge in [-0.1, -0.05) is 35.9 Å². The van der Waals surface area contributed by atoms with Gasteiger partial charge in [0.1, 0.15) is 5.82 Å². The number of halogens is 2. The van der Waals surface area contributed by atoms with E-state index in [2.05, 4.69) is 22.8 Å².